The minimum Gasteiger partial charge on any atom is -0.456 e. The van der Waals surface area contributed by atoms with Gasteiger partial charge >= 0.3 is 12.2 Å². The number of nitrogens with zero attached hydrogens (tertiary/aromatic N) is 2. The van der Waals surface area contributed by atoms with E-state index in [0.717, 1.165) is 12.1 Å². The molecule has 2 amide bonds. The van der Waals surface area contributed by atoms with Crippen LogP contribution in [0.15, 0.2) is 54.9 Å². The van der Waals surface area contributed by atoms with Gasteiger partial charge in [-0.3, -0.25) is 4.90 Å². The summed E-state index contributed by atoms with van der Waals surface area (Å²) in [6.07, 6.45) is -2.59. The highest BCUT2D eigenvalue weighted by molar-refractivity contribution is 6.36. The van der Waals surface area contributed by atoms with E-state index in [0.29, 0.717) is 21.8 Å². The van der Waals surface area contributed by atoms with E-state index in [1.54, 1.807) is 6.07 Å². The van der Waals surface area contributed by atoms with Gasteiger partial charge in [0.25, 0.3) is 5.92 Å². The fraction of sp³-hybridized carbons (Fsp3) is 0.259. The molecular weight excluding hydrogens is 576 g/mol. The molecule has 4 aromatic rings. The van der Waals surface area contributed by atoms with Gasteiger partial charge in [0.2, 0.25) is 0 Å². The number of fused-ring (bicyclic) bond motifs is 1. The number of carbonyl (C=O) groups is 1. The van der Waals surface area contributed by atoms with E-state index < -0.39 is 42.4 Å². The lowest BCUT2D eigenvalue weighted by Gasteiger charge is -2.32. The molecule has 5 rings (SSSR count). The summed E-state index contributed by atoms with van der Waals surface area (Å²) in [5.74, 6) is -3.26. The number of hydrogen-bond acceptors (Lipinski definition) is 4. The fourth-order valence-corrected chi connectivity index (χ4v) is 4.72. The second-order valence-electron chi connectivity index (χ2n) is 9.49. The molecule has 1 aliphatic rings. The first-order chi connectivity index (χ1) is 19.4. The molecule has 3 N–H and O–H groups in total. The summed E-state index contributed by atoms with van der Waals surface area (Å²) in [6, 6.07) is 7.41. The van der Waals surface area contributed by atoms with Crippen molar-refractivity contribution in [1.82, 2.24) is 14.9 Å². The van der Waals surface area contributed by atoms with E-state index in [2.05, 4.69) is 20.6 Å². The minimum atomic E-state index is -4.75. The highest BCUT2D eigenvalue weighted by Gasteiger charge is 2.37. The number of rotatable bonds is 6. The number of likely N-dealkylation sites (tertiary alicyclic amines) is 1. The first kappa shape index (κ1) is 28.6. The van der Waals surface area contributed by atoms with Crippen LogP contribution in [0.2, 0.25) is 5.02 Å². The van der Waals surface area contributed by atoms with Crippen molar-refractivity contribution in [2.75, 3.05) is 23.7 Å². The number of carbonyl (C=O) groups excluding carboxylic acids is 1. The maximum absolute atomic E-state index is 14.8. The summed E-state index contributed by atoms with van der Waals surface area (Å²) in [5, 5.41) is 5.37. The summed E-state index contributed by atoms with van der Waals surface area (Å²) in [4.78, 5) is 21.0. The van der Waals surface area contributed by atoms with Crippen LogP contribution in [0.4, 0.5) is 42.5 Å². The van der Waals surface area contributed by atoms with Crippen molar-refractivity contribution in [3.63, 3.8) is 0 Å². The van der Waals surface area contributed by atoms with E-state index >= 15 is 0 Å². The lowest BCUT2D eigenvalue weighted by molar-refractivity contribution is -0.138. The van der Waals surface area contributed by atoms with Crippen molar-refractivity contribution in [1.29, 1.82) is 0 Å². The predicted octanol–water partition coefficient (Wildman–Crippen LogP) is 8.04. The monoisotopic (exact) mass is 597 g/mol. The van der Waals surface area contributed by atoms with Gasteiger partial charge in [-0.05, 0) is 35.9 Å². The van der Waals surface area contributed by atoms with Crippen LogP contribution in [0.3, 0.4) is 0 Å². The quantitative estimate of drug-likeness (QED) is 0.197. The van der Waals surface area contributed by atoms with E-state index in [9.17, 15) is 31.1 Å². The number of hydrogen-bond donors (Lipinski definition) is 3. The van der Waals surface area contributed by atoms with Crippen LogP contribution >= 0.6 is 11.6 Å². The van der Waals surface area contributed by atoms with Gasteiger partial charge < -0.3 is 20.4 Å². The normalized spacial score (nSPS) is 15.6. The standard InChI is InChI=1S/C27H22ClF6N5O2/c28-19-13-36-24-23(19)22(5-8-35-24)41-17-3-4-21(20(29)12-17)38-25(40)37-16-2-1-15(18(11-16)27(32,33)34)14-39-9-6-26(30,31)7-10-39/h1-5,8,11-13H,6-7,9-10,14H2,(H,35,36)(H2,37,38,40). The number of pyridine rings is 1. The lowest BCUT2D eigenvalue weighted by atomic mass is 10.0. The Kier molecular flexibility index (Phi) is 7.75. The third-order valence-corrected chi connectivity index (χ3v) is 6.86. The number of anilines is 2. The Balaban J connectivity index is 1.25. The summed E-state index contributed by atoms with van der Waals surface area (Å²) >= 11 is 6.15. The topological polar surface area (TPSA) is 82.3 Å². The van der Waals surface area contributed by atoms with E-state index in [4.69, 9.17) is 16.3 Å². The van der Waals surface area contributed by atoms with Crippen LogP contribution in [0.25, 0.3) is 11.0 Å². The SMILES string of the molecule is O=C(Nc1ccc(CN2CCC(F)(F)CC2)c(C(F)(F)F)c1)Nc1ccc(Oc2ccnc3[nH]cc(Cl)c23)cc1F. The molecule has 0 radical (unpaired) electrons. The molecule has 7 nitrogen and oxygen atoms in total. The van der Waals surface area contributed by atoms with Gasteiger partial charge in [0.15, 0.2) is 0 Å². The fourth-order valence-electron chi connectivity index (χ4n) is 4.48. The number of urea groups is 1. The maximum atomic E-state index is 14.8. The molecule has 0 bridgehead atoms. The van der Waals surface area contributed by atoms with Crippen LogP contribution in [-0.2, 0) is 12.7 Å². The highest BCUT2D eigenvalue weighted by atomic mass is 35.5. The smallest absolute Gasteiger partial charge is 0.416 e. The number of H-pyrrole nitrogens is 1. The van der Waals surface area contributed by atoms with Gasteiger partial charge in [0, 0.05) is 56.6 Å². The molecule has 41 heavy (non-hydrogen) atoms. The summed E-state index contributed by atoms with van der Waals surface area (Å²) in [5.41, 5.74) is -1.07. The van der Waals surface area contributed by atoms with Crippen molar-refractivity contribution >= 4 is 40.0 Å². The average Bonchev–Trinajstić information content (AvgIpc) is 3.29. The number of benzene rings is 2. The zero-order valence-corrected chi connectivity index (χ0v) is 21.8. The van der Waals surface area contributed by atoms with Gasteiger partial charge in [-0.25, -0.2) is 22.9 Å². The van der Waals surface area contributed by atoms with Crippen molar-refractivity contribution in [2.24, 2.45) is 0 Å². The first-order valence-corrected chi connectivity index (χ1v) is 12.7. The number of nitrogens with one attached hydrogen (secondary N) is 3. The zero-order chi connectivity index (χ0) is 29.4. The average molecular weight is 598 g/mol. The van der Waals surface area contributed by atoms with Crippen LogP contribution in [0.1, 0.15) is 24.0 Å². The van der Waals surface area contributed by atoms with Gasteiger partial charge in [-0.15, -0.1) is 0 Å². The van der Waals surface area contributed by atoms with Crippen LogP contribution in [0, 0.1) is 5.82 Å². The van der Waals surface area contributed by atoms with Gasteiger partial charge in [0.1, 0.15) is 23.0 Å². The molecule has 0 saturated carbocycles. The van der Waals surface area contributed by atoms with Crippen molar-refractivity contribution in [2.45, 2.75) is 31.5 Å². The third kappa shape index (κ3) is 6.68. The Bertz CT molecular complexity index is 1580. The highest BCUT2D eigenvalue weighted by Crippen LogP contribution is 2.37. The Hall–Kier alpha value is -3.97. The number of aromatic nitrogens is 2. The first-order valence-electron chi connectivity index (χ1n) is 12.4. The van der Waals surface area contributed by atoms with Gasteiger partial charge in [-0.2, -0.15) is 13.2 Å². The molecule has 0 unspecified atom stereocenters. The number of amides is 2. The summed E-state index contributed by atoms with van der Waals surface area (Å²) in [7, 11) is 0. The zero-order valence-electron chi connectivity index (χ0n) is 21.1. The Labute approximate surface area is 234 Å². The number of aromatic amines is 1. The molecule has 2 aromatic carbocycles. The Morgan fingerprint density at radius 3 is 2.56 bits per heavy atom. The number of ether oxygens (including phenoxy) is 1. The van der Waals surface area contributed by atoms with E-state index in [1.165, 1.54) is 41.6 Å². The van der Waals surface area contributed by atoms with Gasteiger partial charge in [-0.1, -0.05) is 17.7 Å². The van der Waals surface area contributed by atoms with Crippen molar-refractivity contribution in [3.05, 3.63) is 76.8 Å². The minimum absolute atomic E-state index is 0.0329. The van der Waals surface area contributed by atoms with E-state index in [1.807, 2.05) is 0 Å². The molecule has 3 heterocycles. The Morgan fingerprint density at radius 1 is 1.10 bits per heavy atom. The largest absolute Gasteiger partial charge is 0.456 e. The van der Waals surface area contributed by atoms with E-state index in [-0.39, 0.29) is 42.3 Å². The molecule has 0 aliphatic carbocycles. The van der Waals surface area contributed by atoms with Crippen molar-refractivity contribution < 1.29 is 35.9 Å². The molecule has 1 saturated heterocycles. The van der Waals surface area contributed by atoms with Crippen LogP contribution in [0.5, 0.6) is 11.5 Å². The van der Waals surface area contributed by atoms with Crippen LogP contribution < -0.4 is 15.4 Å². The predicted molar refractivity (Wildman–Crippen MR) is 141 cm³/mol. The Morgan fingerprint density at radius 2 is 1.85 bits per heavy atom. The molecule has 2 aromatic heterocycles. The third-order valence-electron chi connectivity index (χ3n) is 6.56. The summed E-state index contributed by atoms with van der Waals surface area (Å²) < 4.78 is 88.7. The number of alkyl halides is 5. The molecule has 14 heteroatoms. The van der Waals surface area contributed by atoms with Crippen LogP contribution in [-0.4, -0.2) is 39.9 Å². The molecular formula is C27H22ClF6N5O2. The second kappa shape index (κ2) is 11.1. The second-order valence-corrected chi connectivity index (χ2v) is 9.90. The molecule has 1 fully saturated rings. The molecule has 1 aliphatic heterocycles. The van der Waals surface area contributed by atoms with Gasteiger partial charge in [0.05, 0.1) is 21.7 Å². The molecule has 216 valence electrons. The summed E-state index contributed by atoms with van der Waals surface area (Å²) in [6.45, 7) is -0.234. The molecule has 0 spiro atoms. The van der Waals surface area contributed by atoms with Crippen molar-refractivity contribution in [3.8, 4) is 11.5 Å². The molecule has 0 atom stereocenters. The number of piperidine rings is 1. The number of halogens is 7. The maximum Gasteiger partial charge on any atom is 0.416 e. The lowest BCUT2D eigenvalue weighted by Crippen LogP contribution is -2.39.